The van der Waals surface area contributed by atoms with Crippen LogP contribution in [-0.4, -0.2) is 5.11 Å². The average Bonchev–Trinajstić information content (AvgIpc) is 2.46. The Kier molecular flexibility index (Phi) is 4.80. The number of rotatable bonds is 5. The molecule has 0 bridgehead atoms. The SMILES string of the molecule is Cc1cccc(CO)c1OCc1ccc(C(C)C)cc1. The second-order valence-corrected chi connectivity index (χ2v) is 5.41. The molecule has 0 saturated heterocycles. The predicted molar refractivity (Wildman–Crippen MR) is 82.0 cm³/mol. The van der Waals surface area contributed by atoms with Gasteiger partial charge in [-0.1, -0.05) is 56.3 Å². The van der Waals surface area contributed by atoms with Gasteiger partial charge in [0.15, 0.2) is 0 Å². The Labute approximate surface area is 121 Å². The summed E-state index contributed by atoms with van der Waals surface area (Å²) in [7, 11) is 0. The quantitative estimate of drug-likeness (QED) is 0.882. The average molecular weight is 270 g/mol. The van der Waals surface area contributed by atoms with Crippen LogP contribution in [0.5, 0.6) is 5.75 Å². The monoisotopic (exact) mass is 270 g/mol. The van der Waals surface area contributed by atoms with Crippen molar-refractivity contribution in [2.24, 2.45) is 0 Å². The lowest BCUT2D eigenvalue weighted by Gasteiger charge is -2.13. The Balaban J connectivity index is 2.09. The third-order valence-electron chi connectivity index (χ3n) is 3.49. The molecule has 0 fully saturated rings. The Bertz CT molecular complexity index is 556. The minimum absolute atomic E-state index is 0.00327. The summed E-state index contributed by atoms with van der Waals surface area (Å²) in [5.41, 5.74) is 4.36. The van der Waals surface area contributed by atoms with Crippen LogP contribution in [0.1, 0.15) is 42.0 Å². The maximum Gasteiger partial charge on any atom is 0.128 e. The van der Waals surface area contributed by atoms with Gasteiger partial charge < -0.3 is 9.84 Å². The van der Waals surface area contributed by atoms with Crippen molar-refractivity contribution in [3.05, 3.63) is 64.7 Å². The standard InChI is InChI=1S/C18H22O2/c1-13(2)16-9-7-15(8-10-16)12-20-18-14(3)5-4-6-17(18)11-19/h4-10,13,19H,11-12H2,1-3H3. The van der Waals surface area contributed by atoms with Crippen LogP contribution in [0.3, 0.4) is 0 Å². The van der Waals surface area contributed by atoms with Gasteiger partial charge in [0.05, 0.1) is 6.61 Å². The van der Waals surface area contributed by atoms with Gasteiger partial charge in [0, 0.05) is 5.56 Å². The van der Waals surface area contributed by atoms with Crippen molar-refractivity contribution in [3.8, 4) is 5.75 Å². The Hall–Kier alpha value is -1.80. The van der Waals surface area contributed by atoms with E-state index in [0.29, 0.717) is 12.5 Å². The van der Waals surface area contributed by atoms with E-state index in [4.69, 9.17) is 4.74 Å². The number of aryl methyl sites for hydroxylation is 1. The molecule has 0 aromatic heterocycles. The summed E-state index contributed by atoms with van der Waals surface area (Å²) >= 11 is 0. The summed E-state index contributed by atoms with van der Waals surface area (Å²) in [6, 6.07) is 14.3. The maximum atomic E-state index is 9.36. The molecule has 0 aliphatic heterocycles. The predicted octanol–water partition coefficient (Wildman–Crippen LogP) is 4.19. The molecule has 0 atom stereocenters. The molecule has 0 heterocycles. The molecule has 0 saturated carbocycles. The van der Waals surface area contributed by atoms with Gasteiger partial charge in [-0.15, -0.1) is 0 Å². The van der Waals surface area contributed by atoms with Crippen molar-refractivity contribution in [1.82, 2.24) is 0 Å². The molecular formula is C18H22O2. The van der Waals surface area contributed by atoms with Crippen LogP contribution >= 0.6 is 0 Å². The summed E-state index contributed by atoms with van der Waals surface area (Å²) < 4.78 is 5.89. The molecular weight excluding hydrogens is 248 g/mol. The van der Waals surface area contributed by atoms with Gasteiger partial charge in [-0.3, -0.25) is 0 Å². The zero-order valence-corrected chi connectivity index (χ0v) is 12.4. The van der Waals surface area contributed by atoms with E-state index in [9.17, 15) is 5.11 Å². The number of aliphatic hydroxyl groups is 1. The van der Waals surface area contributed by atoms with E-state index >= 15 is 0 Å². The van der Waals surface area contributed by atoms with Gasteiger partial charge in [-0.2, -0.15) is 0 Å². The Morgan fingerprint density at radius 2 is 1.75 bits per heavy atom. The van der Waals surface area contributed by atoms with Crippen LogP contribution in [0, 0.1) is 6.92 Å². The highest BCUT2D eigenvalue weighted by atomic mass is 16.5. The lowest BCUT2D eigenvalue weighted by Crippen LogP contribution is -2.01. The van der Waals surface area contributed by atoms with Crippen LogP contribution in [0.15, 0.2) is 42.5 Å². The summed E-state index contributed by atoms with van der Waals surface area (Å²) in [6.45, 7) is 6.90. The van der Waals surface area contributed by atoms with E-state index in [1.807, 2.05) is 25.1 Å². The van der Waals surface area contributed by atoms with E-state index < -0.39 is 0 Å². The van der Waals surface area contributed by atoms with Crippen LogP contribution in [-0.2, 0) is 13.2 Å². The second-order valence-electron chi connectivity index (χ2n) is 5.41. The summed E-state index contributed by atoms with van der Waals surface area (Å²) in [5, 5.41) is 9.36. The molecule has 0 aliphatic rings. The van der Waals surface area contributed by atoms with E-state index in [1.165, 1.54) is 5.56 Å². The van der Waals surface area contributed by atoms with Crippen LogP contribution in [0.25, 0.3) is 0 Å². The first-order valence-electron chi connectivity index (χ1n) is 7.02. The number of hydrogen-bond donors (Lipinski definition) is 1. The first-order valence-corrected chi connectivity index (χ1v) is 7.02. The number of hydrogen-bond acceptors (Lipinski definition) is 2. The van der Waals surface area contributed by atoms with Gasteiger partial charge in [-0.25, -0.2) is 0 Å². The number of ether oxygens (including phenoxy) is 1. The van der Waals surface area contributed by atoms with Gasteiger partial charge in [-0.05, 0) is 29.5 Å². The molecule has 0 aliphatic carbocycles. The lowest BCUT2D eigenvalue weighted by atomic mass is 10.0. The van der Waals surface area contributed by atoms with Crippen molar-refractivity contribution < 1.29 is 9.84 Å². The van der Waals surface area contributed by atoms with Crippen molar-refractivity contribution in [2.45, 2.75) is 39.9 Å². The fourth-order valence-electron chi connectivity index (χ4n) is 2.20. The minimum Gasteiger partial charge on any atom is -0.488 e. The summed E-state index contributed by atoms with van der Waals surface area (Å²) in [5.74, 6) is 1.34. The molecule has 0 amide bonds. The van der Waals surface area contributed by atoms with E-state index in [0.717, 1.165) is 22.4 Å². The zero-order chi connectivity index (χ0) is 14.5. The highest BCUT2D eigenvalue weighted by molar-refractivity contribution is 5.40. The first-order chi connectivity index (χ1) is 9.61. The Morgan fingerprint density at radius 1 is 1.05 bits per heavy atom. The van der Waals surface area contributed by atoms with E-state index in [1.54, 1.807) is 0 Å². The number of benzene rings is 2. The molecule has 2 heteroatoms. The lowest BCUT2D eigenvalue weighted by molar-refractivity contribution is 0.258. The molecule has 1 N–H and O–H groups in total. The maximum absolute atomic E-state index is 9.36. The number of aliphatic hydroxyl groups excluding tert-OH is 1. The fraction of sp³-hybridized carbons (Fsp3) is 0.333. The largest absolute Gasteiger partial charge is 0.488 e. The van der Waals surface area contributed by atoms with E-state index in [2.05, 4.69) is 38.1 Å². The van der Waals surface area contributed by atoms with Crippen LogP contribution < -0.4 is 4.74 Å². The van der Waals surface area contributed by atoms with Gasteiger partial charge in [0.2, 0.25) is 0 Å². The highest BCUT2D eigenvalue weighted by Crippen LogP contribution is 2.24. The topological polar surface area (TPSA) is 29.5 Å². The van der Waals surface area contributed by atoms with Gasteiger partial charge in [0.1, 0.15) is 12.4 Å². The third kappa shape index (κ3) is 3.40. The van der Waals surface area contributed by atoms with Crippen LogP contribution in [0.2, 0.25) is 0 Å². The molecule has 106 valence electrons. The Morgan fingerprint density at radius 3 is 2.35 bits per heavy atom. The third-order valence-corrected chi connectivity index (χ3v) is 3.49. The zero-order valence-electron chi connectivity index (χ0n) is 12.4. The fourth-order valence-corrected chi connectivity index (χ4v) is 2.20. The summed E-state index contributed by atoms with van der Waals surface area (Å²) in [4.78, 5) is 0. The molecule has 2 rings (SSSR count). The smallest absolute Gasteiger partial charge is 0.128 e. The molecule has 0 spiro atoms. The highest BCUT2D eigenvalue weighted by Gasteiger charge is 2.06. The van der Waals surface area contributed by atoms with Crippen molar-refractivity contribution in [2.75, 3.05) is 0 Å². The van der Waals surface area contributed by atoms with Crippen molar-refractivity contribution in [3.63, 3.8) is 0 Å². The van der Waals surface area contributed by atoms with Gasteiger partial charge >= 0.3 is 0 Å². The van der Waals surface area contributed by atoms with Crippen molar-refractivity contribution in [1.29, 1.82) is 0 Å². The molecule has 2 aromatic carbocycles. The molecule has 2 nitrogen and oxygen atoms in total. The van der Waals surface area contributed by atoms with Gasteiger partial charge in [0.25, 0.3) is 0 Å². The van der Waals surface area contributed by atoms with Crippen molar-refractivity contribution >= 4 is 0 Å². The minimum atomic E-state index is 0.00327. The summed E-state index contributed by atoms with van der Waals surface area (Å²) in [6.07, 6.45) is 0. The molecule has 20 heavy (non-hydrogen) atoms. The number of para-hydroxylation sites is 1. The van der Waals surface area contributed by atoms with E-state index in [-0.39, 0.29) is 6.61 Å². The molecule has 0 unspecified atom stereocenters. The van der Waals surface area contributed by atoms with Crippen LogP contribution in [0.4, 0.5) is 0 Å². The first kappa shape index (κ1) is 14.6. The normalized spacial score (nSPS) is 10.8. The molecule has 2 aromatic rings. The molecule has 0 radical (unpaired) electrons. The second kappa shape index (κ2) is 6.58.